The van der Waals surface area contributed by atoms with E-state index in [1.165, 1.54) is 15.9 Å². The monoisotopic (exact) mass is 356 g/mol. The van der Waals surface area contributed by atoms with Gasteiger partial charge >= 0.3 is 0 Å². The average molecular weight is 357 g/mol. The summed E-state index contributed by atoms with van der Waals surface area (Å²) in [5.41, 5.74) is 2.50. The van der Waals surface area contributed by atoms with E-state index in [9.17, 15) is 0 Å². The first-order chi connectivity index (χ1) is 9.97. The Balaban J connectivity index is 2.18. The molecule has 2 unspecified atom stereocenters. The van der Waals surface area contributed by atoms with Gasteiger partial charge in [0.25, 0.3) is 0 Å². The molecule has 0 aliphatic carbocycles. The van der Waals surface area contributed by atoms with E-state index in [0.29, 0.717) is 18.0 Å². The van der Waals surface area contributed by atoms with Crippen LogP contribution in [0.5, 0.6) is 0 Å². The minimum atomic E-state index is 0.567. The average Bonchev–Trinajstić information content (AvgIpc) is 2.77. The van der Waals surface area contributed by atoms with Crippen molar-refractivity contribution in [2.45, 2.75) is 66.2 Å². The van der Waals surface area contributed by atoms with E-state index in [4.69, 9.17) is 5.10 Å². The third-order valence-electron chi connectivity index (χ3n) is 4.58. The van der Waals surface area contributed by atoms with Gasteiger partial charge in [-0.2, -0.15) is 5.10 Å². The van der Waals surface area contributed by atoms with Crippen LogP contribution in [0.3, 0.4) is 0 Å². The van der Waals surface area contributed by atoms with Gasteiger partial charge in [0.2, 0.25) is 0 Å². The van der Waals surface area contributed by atoms with Gasteiger partial charge in [-0.25, -0.2) is 0 Å². The highest BCUT2D eigenvalue weighted by Crippen LogP contribution is 2.25. The molecule has 1 aromatic rings. The molecular weight excluding hydrogens is 328 g/mol. The molecule has 21 heavy (non-hydrogen) atoms. The van der Waals surface area contributed by atoms with Gasteiger partial charge in [0.1, 0.15) is 0 Å². The molecule has 1 aliphatic heterocycles. The summed E-state index contributed by atoms with van der Waals surface area (Å²) in [5.74, 6) is 0.672. The van der Waals surface area contributed by atoms with Gasteiger partial charge in [0.15, 0.2) is 0 Å². The van der Waals surface area contributed by atoms with E-state index in [1.54, 1.807) is 0 Å². The van der Waals surface area contributed by atoms with E-state index in [0.717, 1.165) is 32.6 Å². The molecule has 4 nitrogen and oxygen atoms in total. The van der Waals surface area contributed by atoms with E-state index >= 15 is 0 Å². The van der Waals surface area contributed by atoms with Gasteiger partial charge in [0.05, 0.1) is 15.9 Å². The van der Waals surface area contributed by atoms with E-state index in [1.807, 2.05) is 0 Å². The number of halogens is 1. The minimum Gasteiger partial charge on any atom is -0.311 e. The number of aromatic nitrogens is 2. The summed E-state index contributed by atoms with van der Waals surface area (Å²) in [5, 5.41) is 8.39. The Morgan fingerprint density at radius 3 is 2.67 bits per heavy atom. The van der Waals surface area contributed by atoms with Gasteiger partial charge in [-0.3, -0.25) is 9.58 Å². The smallest absolute Gasteiger partial charge is 0.0767 e. The maximum Gasteiger partial charge on any atom is 0.0767 e. The number of rotatable bonds is 5. The summed E-state index contributed by atoms with van der Waals surface area (Å²) in [6.07, 6.45) is 0.978. The van der Waals surface area contributed by atoms with Crippen LogP contribution in [0.4, 0.5) is 0 Å². The van der Waals surface area contributed by atoms with E-state index < -0.39 is 0 Å². The van der Waals surface area contributed by atoms with Gasteiger partial charge in [0, 0.05) is 38.3 Å². The number of nitrogens with zero attached hydrogens (tertiary/aromatic N) is 3. The molecule has 1 saturated heterocycles. The normalized spacial score (nSPS) is 24.0. The molecule has 0 aromatic carbocycles. The molecule has 2 atom stereocenters. The van der Waals surface area contributed by atoms with Crippen LogP contribution in [-0.4, -0.2) is 39.9 Å². The number of nitrogens with one attached hydrogen (secondary N) is 1. The van der Waals surface area contributed by atoms with Crippen molar-refractivity contribution in [1.29, 1.82) is 0 Å². The summed E-state index contributed by atoms with van der Waals surface area (Å²) in [6.45, 7) is 15.3. The highest BCUT2D eigenvalue weighted by Gasteiger charge is 2.28. The summed E-state index contributed by atoms with van der Waals surface area (Å²) in [6, 6.07) is 1.15. The molecule has 1 N–H and O–H groups in total. The Hall–Kier alpha value is -0.390. The lowest BCUT2D eigenvalue weighted by molar-refractivity contribution is 0.113. The van der Waals surface area contributed by atoms with Crippen LogP contribution < -0.4 is 5.32 Å². The van der Waals surface area contributed by atoms with Crippen LogP contribution in [0.25, 0.3) is 0 Å². The van der Waals surface area contributed by atoms with Crippen molar-refractivity contribution >= 4 is 15.9 Å². The molecule has 1 aliphatic rings. The lowest BCUT2D eigenvalue weighted by atomic mass is 9.99. The zero-order valence-corrected chi connectivity index (χ0v) is 15.6. The van der Waals surface area contributed by atoms with Gasteiger partial charge in [-0.1, -0.05) is 20.8 Å². The third-order valence-corrected chi connectivity index (χ3v) is 5.50. The van der Waals surface area contributed by atoms with Crippen molar-refractivity contribution in [3.8, 4) is 0 Å². The van der Waals surface area contributed by atoms with Gasteiger partial charge < -0.3 is 5.32 Å². The molecule has 1 aromatic heterocycles. The fraction of sp³-hybridized carbons (Fsp3) is 0.812. The molecule has 2 heterocycles. The maximum atomic E-state index is 4.72. The van der Waals surface area contributed by atoms with Crippen molar-refractivity contribution in [3.05, 3.63) is 15.9 Å². The number of hydrogen-bond acceptors (Lipinski definition) is 3. The Kier molecular flexibility index (Phi) is 5.86. The lowest BCUT2D eigenvalue weighted by Crippen LogP contribution is -2.56. The first-order valence-corrected chi connectivity index (χ1v) is 8.98. The highest BCUT2D eigenvalue weighted by atomic mass is 79.9. The Labute approximate surface area is 137 Å². The lowest BCUT2D eigenvalue weighted by Gasteiger charge is -2.40. The summed E-state index contributed by atoms with van der Waals surface area (Å²) < 4.78 is 3.36. The SMILES string of the molecule is CCc1nn(CC)c(CN2CC(C(C)C)NCC2C)c1Br. The molecule has 1 fully saturated rings. The molecule has 0 spiro atoms. The summed E-state index contributed by atoms with van der Waals surface area (Å²) >= 11 is 3.77. The third kappa shape index (κ3) is 3.69. The van der Waals surface area contributed by atoms with Gasteiger partial charge in [-0.05, 0) is 42.1 Å². The van der Waals surface area contributed by atoms with Crippen molar-refractivity contribution in [2.75, 3.05) is 13.1 Å². The predicted molar refractivity (Wildman–Crippen MR) is 91.5 cm³/mol. The van der Waals surface area contributed by atoms with Crippen molar-refractivity contribution < 1.29 is 0 Å². The Morgan fingerprint density at radius 1 is 1.38 bits per heavy atom. The first kappa shape index (κ1) is 17.0. The van der Waals surface area contributed by atoms with Crippen LogP contribution in [0.1, 0.15) is 46.0 Å². The molecule has 0 amide bonds. The van der Waals surface area contributed by atoms with Crippen molar-refractivity contribution in [1.82, 2.24) is 20.0 Å². The topological polar surface area (TPSA) is 33.1 Å². The standard InChI is InChI=1S/C16H29BrN4/c1-6-13-16(17)15(21(7-2)19-13)10-20-9-14(11(3)4)18-8-12(20)5/h11-12,14,18H,6-10H2,1-5H3. The molecule has 0 saturated carbocycles. The summed E-state index contributed by atoms with van der Waals surface area (Å²) in [7, 11) is 0. The number of hydrogen-bond donors (Lipinski definition) is 1. The van der Waals surface area contributed by atoms with Crippen LogP contribution >= 0.6 is 15.9 Å². The predicted octanol–water partition coefficient (Wildman–Crippen LogP) is 3.05. The zero-order chi connectivity index (χ0) is 15.6. The van der Waals surface area contributed by atoms with Crippen molar-refractivity contribution in [3.63, 3.8) is 0 Å². The van der Waals surface area contributed by atoms with Crippen LogP contribution in [0, 0.1) is 5.92 Å². The molecule has 0 bridgehead atoms. The number of aryl methyl sites for hydroxylation is 2. The van der Waals surface area contributed by atoms with E-state index in [2.05, 4.69) is 65.4 Å². The first-order valence-electron chi connectivity index (χ1n) is 8.19. The van der Waals surface area contributed by atoms with Crippen LogP contribution in [0.15, 0.2) is 4.47 Å². The second kappa shape index (κ2) is 7.25. The summed E-state index contributed by atoms with van der Waals surface area (Å²) in [4.78, 5) is 2.59. The molecule has 5 heteroatoms. The second-order valence-electron chi connectivity index (χ2n) is 6.41. The van der Waals surface area contributed by atoms with Crippen LogP contribution in [-0.2, 0) is 19.5 Å². The largest absolute Gasteiger partial charge is 0.311 e. The fourth-order valence-electron chi connectivity index (χ4n) is 2.98. The minimum absolute atomic E-state index is 0.567. The fourth-order valence-corrected chi connectivity index (χ4v) is 3.67. The zero-order valence-electron chi connectivity index (χ0n) is 14.0. The molecule has 0 radical (unpaired) electrons. The second-order valence-corrected chi connectivity index (χ2v) is 7.21. The molecular formula is C16H29BrN4. The van der Waals surface area contributed by atoms with Crippen molar-refractivity contribution in [2.24, 2.45) is 5.92 Å². The number of piperazine rings is 1. The molecule has 120 valence electrons. The van der Waals surface area contributed by atoms with E-state index in [-0.39, 0.29) is 0 Å². The van der Waals surface area contributed by atoms with Crippen LogP contribution in [0.2, 0.25) is 0 Å². The highest BCUT2D eigenvalue weighted by molar-refractivity contribution is 9.10. The Morgan fingerprint density at radius 2 is 2.10 bits per heavy atom. The van der Waals surface area contributed by atoms with Gasteiger partial charge in [-0.15, -0.1) is 0 Å². The maximum absolute atomic E-state index is 4.72. The quantitative estimate of drug-likeness (QED) is 0.879. The Bertz CT molecular complexity index is 469. The molecule has 2 rings (SSSR count).